The second-order valence-corrected chi connectivity index (χ2v) is 4.90. The average molecular weight is 262 g/mol. The van der Waals surface area contributed by atoms with Gasteiger partial charge in [0.05, 0.1) is 18.5 Å². The zero-order valence-electron chi connectivity index (χ0n) is 10.1. The van der Waals surface area contributed by atoms with Crippen molar-refractivity contribution in [3.8, 4) is 11.3 Å². The van der Waals surface area contributed by atoms with E-state index in [-0.39, 0.29) is 0 Å². The molecule has 0 aromatic carbocycles. The smallest absolute Gasteiger partial charge is 0.130 e. The first-order valence-corrected chi connectivity index (χ1v) is 6.31. The Morgan fingerprint density at radius 3 is 3.11 bits per heavy atom. The van der Waals surface area contributed by atoms with Gasteiger partial charge in [-0.2, -0.15) is 5.10 Å². The Hall–Kier alpha value is -1.53. The van der Waals surface area contributed by atoms with E-state index >= 15 is 0 Å². The summed E-state index contributed by atoms with van der Waals surface area (Å²) in [6, 6.07) is 1.87. The van der Waals surface area contributed by atoms with Crippen LogP contribution in [0.1, 0.15) is 18.2 Å². The first-order chi connectivity index (χ1) is 8.72. The van der Waals surface area contributed by atoms with E-state index in [0.29, 0.717) is 10.6 Å². The number of aromatic nitrogens is 4. The van der Waals surface area contributed by atoms with Crippen molar-refractivity contribution >= 4 is 12.2 Å². The number of rotatable bonds is 2. The van der Waals surface area contributed by atoms with Crippen LogP contribution in [0.25, 0.3) is 11.3 Å². The van der Waals surface area contributed by atoms with Crippen LogP contribution < -0.4 is 0 Å². The summed E-state index contributed by atoms with van der Waals surface area (Å²) in [4.78, 5) is 7.75. The molecule has 1 atom stereocenters. The molecule has 1 saturated heterocycles. The number of nitrogens with zero attached hydrogens (tertiary/aromatic N) is 3. The van der Waals surface area contributed by atoms with Gasteiger partial charge in [-0.15, -0.1) is 0 Å². The molecule has 1 aliphatic rings. The number of ether oxygens (including phenoxy) is 1. The molecular formula is C12H14N4OS. The van der Waals surface area contributed by atoms with Crippen molar-refractivity contribution in [2.24, 2.45) is 7.05 Å². The molecule has 2 aromatic rings. The van der Waals surface area contributed by atoms with Crippen molar-refractivity contribution < 1.29 is 4.74 Å². The number of nitrogens with one attached hydrogen (secondary N) is 1. The minimum Gasteiger partial charge on any atom is -0.381 e. The summed E-state index contributed by atoms with van der Waals surface area (Å²) in [7, 11) is 1.89. The molecular weight excluding hydrogens is 248 g/mol. The molecule has 0 radical (unpaired) electrons. The lowest BCUT2D eigenvalue weighted by atomic mass is 10.1. The summed E-state index contributed by atoms with van der Waals surface area (Å²) in [5, 5.41) is 4.17. The van der Waals surface area contributed by atoms with Crippen LogP contribution in [0.3, 0.4) is 0 Å². The first-order valence-electron chi connectivity index (χ1n) is 5.90. The maximum Gasteiger partial charge on any atom is 0.130 e. The molecule has 0 saturated carbocycles. The molecule has 1 N–H and O–H groups in total. The zero-order valence-corrected chi connectivity index (χ0v) is 10.9. The minimum absolute atomic E-state index is 0.323. The Labute approximate surface area is 110 Å². The highest BCUT2D eigenvalue weighted by Crippen LogP contribution is 2.24. The van der Waals surface area contributed by atoms with Crippen LogP contribution in [-0.2, 0) is 11.8 Å². The molecule has 0 aliphatic carbocycles. The molecule has 0 amide bonds. The van der Waals surface area contributed by atoms with Gasteiger partial charge < -0.3 is 9.72 Å². The molecule has 94 valence electrons. The Kier molecular flexibility index (Phi) is 2.97. The van der Waals surface area contributed by atoms with Crippen LogP contribution in [0.4, 0.5) is 0 Å². The Morgan fingerprint density at radius 2 is 2.44 bits per heavy atom. The van der Waals surface area contributed by atoms with Gasteiger partial charge in [0.25, 0.3) is 0 Å². The summed E-state index contributed by atoms with van der Waals surface area (Å²) in [5.74, 6) is 1.24. The molecule has 2 aromatic heterocycles. The van der Waals surface area contributed by atoms with E-state index in [4.69, 9.17) is 17.0 Å². The normalized spacial score (nSPS) is 19.3. The van der Waals surface area contributed by atoms with Crippen LogP contribution in [0, 0.1) is 4.64 Å². The Morgan fingerprint density at radius 1 is 1.56 bits per heavy atom. The molecule has 3 rings (SSSR count). The fourth-order valence-electron chi connectivity index (χ4n) is 2.14. The number of aryl methyl sites for hydroxylation is 1. The van der Waals surface area contributed by atoms with E-state index in [1.54, 1.807) is 4.68 Å². The predicted molar refractivity (Wildman–Crippen MR) is 69.8 cm³/mol. The first kappa shape index (κ1) is 11.6. The van der Waals surface area contributed by atoms with E-state index in [1.165, 1.54) is 0 Å². The van der Waals surface area contributed by atoms with Gasteiger partial charge in [0.2, 0.25) is 0 Å². The summed E-state index contributed by atoms with van der Waals surface area (Å²) >= 11 is 5.23. The van der Waals surface area contributed by atoms with Gasteiger partial charge in [0.1, 0.15) is 10.5 Å². The highest BCUT2D eigenvalue weighted by atomic mass is 32.1. The monoisotopic (exact) mass is 262 g/mol. The zero-order chi connectivity index (χ0) is 12.5. The summed E-state index contributed by atoms with van der Waals surface area (Å²) in [6.07, 6.45) is 4.76. The van der Waals surface area contributed by atoms with Crippen molar-refractivity contribution in [2.45, 2.75) is 12.3 Å². The molecule has 6 heteroatoms. The second-order valence-electron chi connectivity index (χ2n) is 4.48. The standard InChI is InChI=1S/C12H14N4OS/c1-16-6-9(5-13-16)10-4-11(18)15-12(14-10)8-2-3-17-7-8/h4-6,8H,2-3,7H2,1H3,(H,14,15,18). The van der Waals surface area contributed by atoms with Crippen molar-refractivity contribution in [1.82, 2.24) is 19.7 Å². The molecule has 5 nitrogen and oxygen atoms in total. The van der Waals surface area contributed by atoms with Gasteiger partial charge in [-0.25, -0.2) is 4.98 Å². The van der Waals surface area contributed by atoms with E-state index in [0.717, 1.165) is 36.7 Å². The number of hydrogen-bond donors (Lipinski definition) is 1. The van der Waals surface area contributed by atoms with Crippen molar-refractivity contribution in [1.29, 1.82) is 0 Å². The van der Waals surface area contributed by atoms with Crippen LogP contribution in [-0.4, -0.2) is 33.0 Å². The third-order valence-electron chi connectivity index (χ3n) is 3.09. The molecule has 3 heterocycles. The molecule has 0 bridgehead atoms. The third-order valence-corrected chi connectivity index (χ3v) is 3.30. The van der Waals surface area contributed by atoms with Gasteiger partial charge in [-0.1, -0.05) is 12.2 Å². The number of H-pyrrole nitrogens is 1. The van der Waals surface area contributed by atoms with Crippen LogP contribution in [0.15, 0.2) is 18.5 Å². The fraction of sp³-hybridized carbons (Fsp3) is 0.417. The Bertz CT molecular complexity index is 613. The highest BCUT2D eigenvalue weighted by molar-refractivity contribution is 7.71. The maximum absolute atomic E-state index is 5.39. The number of aromatic amines is 1. The average Bonchev–Trinajstić information content (AvgIpc) is 2.98. The van der Waals surface area contributed by atoms with Crippen LogP contribution in [0.2, 0.25) is 0 Å². The van der Waals surface area contributed by atoms with Crippen LogP contribution >= 0.6 is 12.2 Å². The molecule has 1 unspecified atom stereocenters. The largest absolute Gasteiger partial charge is 0.381 e. The van der Waals surface area contributed by atoms with Crippen molar-refractivity contribution in [2.75, 3.05) is 13.2 Å². The van der Waals surface area contributed by atoms with Gasteiger partial charge in [0.15, 0.2) is 0 Å². The lowest BCUT2D eigenvalue weighted by Crippen LogP contribution is -2.05. The topological polar surface area (TPSA) is 55.7 Å². The molecule has 1 fully saturated rings. The number of hydrogen-bond acceptors (Lipinski definition) is 4. The minimum atomic E-state index is 0.323. The van der Waals surface area contributed by atoms with E-state index < -0.39 is 0 Å². The Balaban J connectivity index is 2.02. The molecule has 1 aliphatic heterocycles. The quantitative estimate of drug-likeness (QED) is 0.842. The lowest BCUT2D eigenvalue weighted by molar-refractivity contribution is 0.193. The SMILES string of the molecule is Cn1cc(-c2cc(=S)nc(C3CCOC3)[nH]2)cn1. The van der Waals surface area contributed by atoms with Gasteiger partial charge in [-0.05, 0) is 12.5 Å². The summed E-state index contributed by atoms with van der Waals surface area (Å²) in [5.41, 5.74) is 1.98. The second kappa shape index (κ2) is 4.62. The van der Waals surface area contributed by atoms with E-state index in [9.17, 15) is 0 Å². The molecule has 0 spiro atoms. The van der Waals surface area contributed by atoms with E-state index in [1.807, 2.05) is 25.5 Å². The van der Waals surface area contributed by atoms with Crippen molar-refractivity contribution in [3.63, 3.8) is 0 Å². The van der Waals surface area contributed by atoms with Gasteiger partial charge >= 0.3 is 0 Å². The van der Waals surface area contributed by atoms with E-state index in [2.05, 4.69) is 15.1 Å². The summed E-state index contributed by atoms with van der Waals surface area (Å²) in [6.45, 7) is 1.51. The third kappa shape index (κ3) is 2.21. The molecule has 18 heavy (non-hydrogen) atoms. The fourth-order valence-corrected chi connectivity index (χ4v) is 2.35. The highest BCUT2D eigenvalue weighted by Gasteiger charge is 2.20. The summed E-state index contributed by atoms with van der Waals surface area (Å²) < 4.78 is 7.77. The maximum atomic E-state index is 5.39. The lowest BCUT2D eigenvalue weighted by Gasteiger charge is -2.08. The van der Waals surface area contributed by atoms with Crippen LogP contribution in [0.5, 0.6) is 0 Å². The van der Waals surface area contributed by atoms with Gasteiger partial charge in [0, 0.05) is 31.3 Å². The predicted octanol–water partition coefficient (Wildman–Crippen LogP) is 2.04. The van der Waals surface area contributed by atoms with Gasteiger partial charge in [-0.3, -0.25) is 4.68 Å². The van der Waals surface area contributed by atoms with Crippen molar-refractivity contribution in [3.05, 3.63) is 28.9 Å².